The van der Waals surface area contributed by atoms with E-state index >= 15 is 0 Å². The van der Waals surface area contributed by atoms with Gasteiger partial charge in [-0.2, -0.15) is 0 Å². The van der Waals surface area contributed by atoms with E-state index in [9.17, 15) is 15.0 Å². The SMILES string of the molecule is COc1cc(C)c(Br)cc1C(O)C1CC=CCC1C(=O)O. The Hall–Kier alpha value is -1.33. The fourth-order valence-corrected chi connectivity index (χ4v) is 3.14. The summed E-state index contributed by atoms with van der Waals surface area (Å²) in [5.41, 5.74) is 1.63. The number of carbonyl (C=O) groups is 1. The number of carboxylic acids is 1. The average Bonchev–Trinajstić information content (AvgIpc) is 2.48. The molecule has 0 spiro atoms. The molecule has 114 valence electrons. The van der Waals surface area contributed by atoms with Crippen LogP contribution in [-0.2, 0) is 4.79 Å². The number of aliphatic hydroxyl groups is 1. The van der Waals surface area contributed by atoms with Gasteiger partial charge in [-0.25, -0.2) is 0 Å². The molecule has 3 atom stereocenters. The van der Waals surface area contributed by atoms with E-state index in [0.717, 1.165) is 10.0 Å². The molecule has 0 aromatic heterocycles. The Balaban J connectivity index is 2.38. The first-order valence-electron chi connectivity index (χ1n) is 6.85. The summed E-state index contributed by atoms with van der Waals surface area (Å²) in [5.74, 6) is -1.21. The standard InChI is InChI=1S/C16H19BrO4/c1-9-7-14(21-2)12(8-13(9)17)15(18)10-5-3-4-6-11(10)16(19)20/h3-4,7-8,10-11,15,18H,5-6H2,1-2H3,(H,19,20). The van der Waals surface area contributed by atoms with Crippen LogP contribution in [-0.4, -0.2) is 23.3 Å². The monoisotopic (exact) mass is 354 g/mol. The molecule has 3 unspecified atom stereocenters. The van der Waals surface area contributed by atoms with Gasteiger partial charge in [0.2, 0.25) is 0 Å². The van der Waals surface area contributed by atoms with Crippen LogP contribution in [0.1, 0.15) is 30.1 Å². The largest absolute Gasteiger partial charge is 0.496 e. The number of aliphatic carboxylic acids is 1. The smallest absolute Gasteiger partial charge is 0.307 e. The molecule has 1 aliphatic carbocycles. The van der Waals surface area contributed by atoms with Crippen molar-refractivity contribution in [3.8, 4) is 5.75 Å². The van der Waals surface area contributed by atoms with Gasteiger partial charge in [-0.05, 0) is 37.5 Å². The van der Waals surface area contributed by atoms with Crippen LogP contribution in [0.25, 0.3) is 0 Å². The van der Waals surface area contributed by atoms with Gasteiger partial charge in [0, 0.05) is 16.0 Å². The molecular weight excluding hydrogens is 336 g/mol. The van der Waals surface area contributed by atoms with Crippen molar-refractivity contribution in [2.75, 3.05) is 7.11 Å². The lowest BCUT2D eigenvalue weighted by Gasteiger charge is -2.30. The minimum Gasteiger partial charge on any atom is -0.496 e. The van der Waals surface area contributed by atoms with E-state index in [1.165, 1.54) is 0 Å². The first-order chi connectivity index (χ1) is 9.95. The van der Waals surface area contributed by atoms with Crippen LogP contribution in [0.15, 0.2) is 28.8 Å². The second kappa shape index (κ2) is 6.62. The summed E-state index contributed by atoms with van der Waals surface area (Å²) in [5, 5.41) is 20.0. The van der Waals surface area contributed by atoms with Crippen LogP contribution in [0.2, 0.25) is 0 Å². The molecule has 0 fully saturated rings. The quantitative estimate of drug-likeness (QED) is 0.812. The van der Waals surface area contributed by atoms with Gasteiger partial charge in [0.1, 0.15) is 5.75 Å². The summed E-state index contributed by atoms with van der Waals surface area (Å²) in [6.07, 6.45) is 3.93. The Labute approximate surface area is 132 Å². The molecule has 0 aliphatic heterocycles. The number of aliphatic hydroxyl groups excluding tert-OH is 1. The van der Waals surface area contributed by atoms with Gasteiger partial charge in [-0.1, -0.05) is 28.1 Å². The van der Waals surface area contributed by atoms with Crippen LogP contribution in [0, 0.1) is 18.8 Å². The van der Waals surface area contributed by atoms with Crippen LogP contribution in [0.3, 0.4) is 0 Å². The van der Waals surface area contributed by atoms with Crippen molar-refractivity contribution in [2.45, 2.75) is 25.9 Å². The highest BCUT2D eigenvalue weighted by Gasteiger charge is 2.35. The second-order valence-corrected chi connectivity index (χ2v) is 6.19. The second-order valence-electron chi connectivity index (χ2n) is 5.34. The number of allylic oxidation sites excluding steroid dienone is 2. The molecule has 0 bridgehead atoms. The maximum absolute atomic E-state index is 11.4. The molecule has 0 saturated carbocycles. The minimum atomic E-state index is -0.872. The fraction of sp³-hybridized carbons (Fsp3) is 0.438. The number of ether oxygens (including phenoxy) is 1. The molecule has 0 amide bonds. The number of hydrogen-bond acceptors (Lipinski definition) is 3. The van der Waals surface area contributed by atoms with E-state index in [-0.39, 0.29) is 5.92 Å². The van der Waals surface area contributed by atoms with Crippen molar-refractivity contribution >= 4 is 21.9 Å². The third-order valence-electron chi connectivity index (χ3n) is 4.03. The molecule has 2 rings (SSSR count). The normalized spacial score (nSPS) is 22.9. The van der Waals surface area contributed by atoms with E-state index in [1.807, 2.05) is 31.2 Å². The number of benzene rings is 1. The van der Waals surface area contributed by atoms with Gasteiger partial charge in [0.05, 0.1) is 19.1 Å². The molecule has 1 aliphatic rings. The predicted molar refractivity (Wildman–Crippen MR) is 83.4 cm³/mol. The van der Waals surface area contributed by atoms with Crippen LogP contribution in [0.4, 0.5) is 0 Å². The summed E-state index contributed by atoms with van der Waals surface area (Å²) in [4.78, 5) is 11.4. The number of aryl methyl sites for hydroxylation is 1. The van der Waals surface area contributed by atoms with Crippen molar-refractivity contribution in [1.82, 2.24) is 0 Å². The molecular formula is C16H19BrO4. The lowest BCUT2D eigenvalue weighted by atomic mass is 9.77. The number of methoxy groups -OCH3 is 1. The van der Waals surface area contributed by atoms with E-state index in [1.54, 1.807) is 7.11 Å². The van der Waals surface area contributed by atoms with Crippen molar-refractivity contribution in [3.05, 3.63) is 39.9 Å². The first kappa shape index (κ1) is 16.0. The van der Waals surface area contributed by atoms with E-state index in [2.05, 4.69) is 15.9 Å². The average molecular weight is 355 g/mol. The highest BCUT2D eigenvalue weighted by atomic mass is 79.9. The molecule has 1 aromatic carbocycles. The van der Waals surface area contributed by atoms with Crippen LogP contribution in [0.5, 0.6) is 5.75 Å². The molecule has 2 N–H and O–H groups in total. The minimum absolute atomic E-state index is 0.351. The highest BCUT2D eigenvalue weighted by molar-refractivity contribution is 9.10. The molecule has 5 heteroatoms. The fourth-order valence-electron chi connectivity index (χ4n) is 2.78. The van der Waals surface area contributed by atoms with Gasteiger partial charge >= 0.3 is 5.97 Å². The lowest BCUT2D eigenvalue weighted by molar-refractivity contribution is -0.145. The summed E-state index contributed by atoms with van der Waals surface area (Å²) in [6.45, 7) is 1.94. The lowest BCUT2D eigenvalue weighted by Crippen LogP contribution is -2.30. The number of rotatable bonds is 4. The zero-order valence-corrected chi connectivity index (χ0v) is 13.6. The maximum Gasteiger partial charge on any atom is 0.307 e. The summed E-state index contributed by atoms with van der Waals surface area (Å²) >= 11 is 3.45. The first-order valence-corrected chi connectivity index (χ1v) is 7.65. The molecule has 0 heterocycles. The Morgan fingerprint density at radius 2 is 2.05 bits per heavy atom. The number of halogens is 1. The van der Waals surface area contributed by atoms with Gasteiger partial charge in [0.25, 0.3) is 0 Å². The van der Waals surface area contributed by atoms with Crippen LogP contribution < -0.4 is 4.74 Å². The predicted octanol–water partition coefficient (Wildman–Crippen LogP) is 3.47. The van der Waals surface area contributed by atoms with Crippen molar-refractivity contribution in [3.63, 3.8) is 0 Å². The van der Waals surface area contributed by atoms with E-state index in [0.29, 0.717) is 24.2 Å². The maximum atomic E-state index is 11.4. The Morgan fingerprint density at radius 1 is 1.38 bits per heavy atom. The molecule has 4 nitrogen and oxygen atoms in total. The van der Waals surface area contributed by atoms with Gasteiger partial charge in [0.15, 0.2) is 0 Å². The summed E-state index contributed by atoms with van der Waals surface area (Å²) in [6, 6.07) is 3.66. The Kier molecular flexibility index (Phi) is 5.06. The number of carboxylic acid groups (broad SMARTS) is 1. The van der Waals surface area contributed by atoms with Gasteiger partial charge in [-0.3, -0.25) is 4.79 Å². The zero-order chi connectivity index (χ0) is 15.6. The van der Waals surface area contributed by atoms with Crippen molar-refractivity contribution in [2.24, 2.45) is 11.8 Å². The van der Waals surface area contributed by atoms with E-state index < -0.39 is 18.0 Å². The molecule has 21 heavy (non-hydrogen) atoms. The Bertz CT molecular complexity index is 568. The van der Waals surface area contributed by atoms with Crippen LogP contribution >= 0.6 is 15.9 Å². The number of hydrogen-bond donors (Lipinski definition) is 2. The highest BCUT2D eigenvalue weighted by Crippen LogP contribution is 2.41. The zero-order valence-electron chi connectivity index (χ0n) is 12.0. The Morgan fingerprint density at radius 3 is 2.67 bits per heavy atom. The van der Waals surface area contributed by atoms with Gasteiger partial charge in [-0.15, -0.1) is 0 Å². The third-order valence-corrected chi connectivity index (χ3v) is 4.89. The summed E-state index contributed by atoms with van der Waals surface area (Å²) < 4.78 is 6.21. The van der Waals surface area contributed by atoms with Gasteiger partial charge < -0.3 is 14.9 Å². The molecule has 1 aromatic rings. The van der Waals surface area contributed by atoms with Crippen molar-refractivity contribution in [1.29, 1.82) is 0 Å². The third kappa shape index (κ3) is 3.30. The topological polar surface area (TPSA) is 66.8 Å². The van der Waals surface area contributed by atoms with Crippen molar-refractivity contribution < 1.29 is 19.7 Å². The summed E-state index contributed by atoms with van der Waals surface area (Å²) in [7, 11) is 1.55. The van der Waals surface area contributed by atoms with E-state index in [4.69, 9.17) is 4.74 Å². The molecule has 0 saturated heterocycles. The molecule has 0 radical (unpaired) electrons.